The number of carbonyl (C=O) groups is 1. The zero-order valence-electron chi connectivity index (χ0n) is 18.8. The molecule has 6 N–H and O–H groups in total. The van der Waals surface area contributed by atoms with Crippen LogP contribution in [0.25, 0.3) is 10.9 Å². The van der Waals surface area contributed by atoms with Gasteiger partial charge < -0.3 is 25.3 Å². The SMILES string of the molecule is CCCCCNC(=N)N/N=C/c1c[nH]c2ccc(OC)cc12.O=C(O)C(O)c1ccccc1. The molecule has 2 aromatic carbocycles. The summed E-state index contributed by atoms with van der Waals surface area (Å²) in [5.41, 5.74) is 5.06. The highest BCUT2D eigenvalue weighted by Gasteiger charge is 2.14. The fraction of sp³-hybridized carbons (Fsp3) is 0.292. The number of aromatic amines is 1. The number of benzene rings is 2. The van der Waals surface area contributed by atoms with Crippen LogP contribution in [0.1, 0.15) is 43.4 Å². The molecule has 0 saturated carbocycles. The van der Waals surface area contributed by atoms with E-state index in [1.165, 1.54) is 12.8 Å². The van der Waals surface area contributed by atoms with Crippen molar-refractivity contribution < 1.29 is 19.7 Å². The van der Waals surface area contributed by atoms with Gasteiger partial charge in [-0.05, 0) is 30.2 Å². The maximum atomic E-state index is 10.2. The molecular weight excluding hydrogens is 422 g/mol. The molecule has 33 heavy (non-hydrogen) atoms. The highest BCUT2D eigenvalue weighted by atomic mass is 16.5. The Labute approximate surface area is 193 Å². The van der Waals surface area contributed by atoms with Crippen LogP contribution < -0.4 is 15.5 Å². The molecule has 1 heterocycles. The van der Waals surface area contributed by atoms with Crippen LogP contribution in [0.4, 0.5) is 0 Å². The molecule has 0 bridgehead atoms. The molecule has 0 aliphatic carbocycles. The van der Waals surface area contributed by atoms with Gasteiger partial charge in [0.05, 0.1) is 13.3 Å². The number of nitrogens with one attached hydrogen (secondary N) is 4. The first-order chi connectivity index (χ1) is 16.0. The number of H-pyrrole nitrogens is 1. The third kappa shape index (κ3) is 8.30. The van der Waals surface area contributed by atoms with Crippen molar-refractivity contribution in [2.45, 2.75) is 32.3 Å². The first-order valence-corrected chi connectivity index (χ1v) is 10.7. The van der Waals surface area contributed by atoms with Crippen molar-refractivity contribution in [2.75, 3.05) is 13.7 Å². The molecule has 176 valence electrons. The predicted octanol–water partition coefficient (Wildman–Crippen LogP) is 3.62. The standard InChI is InChI=1S/C16H23N5O.C8H8O3/c1-3-4-5-8-18-16(17)21-20-11-12-10-19-15-7-6-13(22-2)9-14(12)15;9-7(8(10)11)6-4-2-1-3-5-6/h6-7,9-11,19H,3-5,8H2,1-2H3,(H3,17,18,21);1-5,7,9H,(H,10,11)/b20-11+;. The minimum atomic E-state index is -1.41. The van der Waals surface area contributed by atoms with Crippen molar-refractivity contribution >= 4 is 29.0 Å². The molecule has 0 amide bonds. The van der Waals surface area contributed by atoms with Crippen LogP contribution in [0, 0.1) is 5.41 Å². The number of rotatable bonds is 9. The van der Waals surface area contributed by atoms with Gasteiger partial charge in [0.15, 0.2) is 6.10 Å². The van der Waals surface area contributed by atoms with E-state index in [1.807, 2.05) is 24.4 Å². The second-order valence-electron chi connectivity index (χ2n) is 7.19. The lowest BCUT2D eigenvalue weighted by atomic mass is 10.1. The van der Waals surface area contributed by atoms with E-state index in [0.29, 0.717) is 5.56 Å². The molecule has 0 fully saturated rings. The maximum Gasteiger partial charge on any atom is 0.337 e. The van der Waals surface area contributed by atoms with Gasteiger partial charge in [0.25, 0.3) is 0 Å². The number of aliphatic hydroxyl groups excluding tert-OH is 1. The van der Waals surface area contributed by atoms with Crippen LogP contribution in [0.2, 0.25) is 0 Å². The van der Waals surface area contributed by atoms with Gasteiger partial charge in [-0.15, -0.1) is 0 Å². The number of hydrazone groups is 1. The summed E-state index contributed by atoms with van der Waals surface area (Å²) in [5, 5.41) is 33.2. The monoisotopic (exact) mass is 453 g/mol. The smallest absolute Gasteiger partial charge is 0.337 e. The number of methoxy groups -OCH3 is 1. The molecule has 0 aliphatic rings. The zero-order chi connectivity index (χ0) is 24.1. The van der Waals surface area contributed by atoms with Gasteiger partial charge in [-0.25, -0.2) is 10.2 Å². The number of hydrogen-bond acceptors (Lipinski definition) is 5. The average molecular weight is 454 g/mol. The number of ether oxygens (including phenoxy) is 1. The molecule has 3 aromatic rings. The first kappa shape index (κ1) is 25.4. The number of hydrogen-bond donors (Lipinski definition) is 6. The van der Waals surface area contributed by atoms with E-state index < -0.39 is 12.1 Å². The Kier molecular flexibility index (Phi) is 10.4. The van der Waals surface area contributed by atoms with Crippen LogP contribution in [0.5, 0.6) is 5.75 Å². The van der Waals surface area contributed by atoms with Gasteiger partial charge >= 0.3 is 5.97 Å². The molecule has 1 aromatic heterocycles. The highest BCUT2D eigenvalue weighted by Crippen LogP contribution is 2.22. The maximum absolute atomic E-state index is 10.2. The van der Waals surface area contributed by atoms with E-state index in [-0.39, 0.29) is 5.96 Å². The Morgan fingerprint density at radius 2 is 2.00 bits per heavy atom. The van der Waals surface area contributed by atoms with Crippen LogP contribution in [0.15, 0.2) is 59.8 Å². The predicted molar refractivity (Wildman–Crippen MR) is 130 cm³/mol. The van der Waals surface area contributed by atoms with Crippen molar-refractivity contribution in [1.82, 2.24) is 15.7 Å². The summed E-state index contributed by atoms with van der Waals surface area (Å²) in [4.78, 5) is 13.4. The topological polar surface area (TPSA) is 143 Å². The molecule has 9 nitrogen and oxygen atoms in total. The fourth-order valence-electron chi connectivity index (χ4n) is 2.93. The van der Waals surface area contributed by atoms with Crippen molar-refractivity contribution in [3.05, 3.63) is 65.9 Å². The van der Waals surface area contributed by atoms with E-state index in [9.17, 15) is 4.79 Å². The minimum absolute atomic E-state index is 0.213. The summed E-state index contributed by atoms with van der Waals surface area (Å²) in [6.45, 7) is 2.95. The lowest BCUT2D eigenvalue weighted by molar-refractivity contribution is -0.146. The molecule has 3 rings (SSSR count). The largest absolute Gasteiger partial charge is 0.497 e. The zero-order valence-corrected chi connectivity index (χ0v) is 18.8. The van der Waals surface area contributed by atoms with Gasteiger partial charge in [-0.3, -0.25) is 5.41 Å². The van der Waals surface area contributed by atoms with Crippen molar-refractivity contribution in [3.63, 3.8) is 0 Å². The molecule has 1 atom stereocenters. The first-order valence-electron chi connectivity index (χ1n) is 10.7. The quantitative estimate of drug-likeness (QED) is 0.126. The molecule has 9 heteroatoms. The van der Waals surface area contributed by atoms with Crippen molar-refractivity contribution in [3.8, 4) is 5.75 Å². The molecule has 0 spiro atoms. The number of aromatic nitrogens is 1. The normalized spacial score (nSPS) is 11.5. The van der Waals surface area contributed by atoms with Gasteiger partial charge in [0, 0.05) is 29.2 Å². The number of nitrogens with zero attached hydrogens (tertiary/aromatic N) is 1. The molecule has 0 radical (unpaired) electrons. The Morgan fingerprint density at radius 3 is 2.67 bits per heavy atom. The van der Waals surface area contributed by atoms with Gasteiger partial charge in [0.2, 0.25) is 5.96 Å². The average Bonchev–Trinajstić information content (AvgIpc) is 3.24. The number of fused-ring (bicyclic) bond motifs is 1. The van der Waals surface area contributed by atoms with Crippen LogP contribution >= 0.6 is 0 Å². The van der Waals surface area contributed by atoms with Gasteiger partial charge in [-0.1, -0.05) is 50.1 Å². The summed E-state index contributed by atoms with van der Waals surface area (Å²) in [7, 11) is 1.65. The van der Waals surface area contributed by atoms with E-state index in [2.05, 4.69) is 27.8 Å². The second kappa shape index (κ2) is 13.5. The Hall–Kier alpha value is -3.85. The summed E-state index contributed by atoms with van der Waals surface area (Å²) >= 11 is 0. The van der Waals surface area contributed by atoms with E-state index in [4.69, 9.17) is 20.4 Å². The number of carboxylic acid groups (broad SMARTS) is 1. The van der Waals surface area contributed by atoms with E-state index >= 15 is 0 Å². The van der Waals surface area contributed by atoms with Gasteiger partial charge in [0.1, 0.15) is 5.75 Å². The summed E-state index contributed by atoms with van der Waals surface area (Å²) in [6, 6.07) is 14.1. The number of aliphatic carboxylic acids is 1. The van der Waals surface area contributed by atoms with E-state index in [1.54, 1.807) is 43.7 Å². The summed E-state index contributed by atoms with van der Waals surface area (Å²) < 4.78 is 5.24. The van der Waals surface area contributed by atoms with Crippen molar-refractivity contribution in [1.29, 1.82) is 5.41 Å². The second-order valence-corrected chi connectivity index (χ2v) is 7.19. The fourth-order valence-corrected chi connectivity index (χ4v) is 2.93. The van der Waals surface area contributed by atoms with Crippen LogP contribution in [-0.4, -0.2) is 47.0 Å². The van der Waals surface area contributed by atoms with Crippen molar-refractivity contribution in [2.24, 2.45) is 5.10 Å². The van der Waals surface area contributed by atoms with E-state index in [0.717, 1.165) is 35.2 Å². The Morgan fingerprint density at radius 1 is 1.24 bits per heavy atom. The molecule has 1 unspecified atom stereocenters. The number of aliphatic hydroxyl groups is 1. The lowest BCUT2D eigenvalue weighted by Gasteiger charge is -2.05. The Bertz CT molecular complexity index is 1050. The summed E-state index contributed by atoms with van der Waals surface area (Å²) in [6.07, 6.45) is 5.57. The third-order valence-electron chi connectivity index (χ3n) is 4.73. The van der Waals surface area contributed by atoms with Crippen LogP contribution in [-0.2, 0) is 4.79 Å². The molecule has 0 aliphatic heterocycles. The number of guanidine groups is 1. The Balaban J connectivity index is 0.000000294. The van der Waals surface area contributed by atoms with Gasteiger partial charge in [-0.2, -0.15) is 5.10 Å². The molecule has 0 saturated heterocycles. The molecular formula is C24H31N5O4. The lowest BCUT2D eigenvalue weighted by Crippen LogP contribution is -2.33. The van der Waals surface area contributed by atoms with Crippen LogP contribution in [0.3, 0.4) is 0 Å². The highest BCUT2D eigenvalue weighted by molar-refractivity contribution is 5.99. The minimum Gasteiger partial charge on any atom is -0.497 e. The third-order valence-corrected chi connectivity index (χ3v) is 4.73. The number of unbranched alkanes of at least 4 members (excludes halogenated alkanes) is 2. The summed E-state index contributed by atoms with van der Waals surface area (Å²) in [5.74, 6) is -0.207. The number of carboxylic acids is 1.